The molecule has 2 aliphatic rings. The van der Waals surface area contributed by atoms with E-state index < -0.39 is 5.92 Å². The predicted molar refractivity (Wildman–Crippen MR) is 159 cm³/mol. The van der Waals surface area contributed by atoms with Gasteiger partial charge in [-0.1, -0.05) is 78.9 Å². The van der Waals surface area contributed by atoms with E-state index in [0.29, 0.717) is 56.5 Å². The van der Waals surface area contributed by atoms with E-state index in [1.165, 1.54) is 28.7 Å². The highest BCUT2D eigenvalue weighted by Crippen LogP contribution is 2.47. The van der Waals surface area contributed by atoms with E-state index in [0.717, 1.165) is 11.3 Å². The molecule has 0 saturated carbocycles. The highest BCUT2D eigenvalue weighted by atomic mass is 35.5. The van der Waals surface area contributed by atoms with Gasteiger partial charge in [0, 0.05) is 28.4 Å². The Labute approximate surface area is 245 Å². The zero-order valence-electron chi connectivity index (χ0n) is 22.0. The van der Waals surface area contributed by atoms with Crippen LogP contribution in [0.5, 0.6) is 0 Å². The van der Waals surface area contributed by atoms with Crippen LogP contribution in [0.15, 0.2) is 75.5 Å². The molecule has 0 saturated heterocycles. The van der Waals surface area contributed by atoms with Crippen LogP contribution in [0.1, 0.15) is 56.1 Å². The van der Waals surface area contributed by atoms with Crippen LogP contribution in [0.2, 0.25) is 5.02 Å². The first-order chi connectivity index (χ1) is 19.3. The van der Waals surface area contributed by atoms with Crippen molar-refractivity contribution in [2.24, 2.45) is 5.73 Å². The van der Waals surface area contributed by atoms with Crippen LogP contribution in [0, 0.1) is 11.3 Å². The van der Waals surface area contributed by atoms with Gasteiger partial charge in [-0.15, -0.1) is 10.2 Å². The van der Waals surface area contributed by atoms with Crippen LogP contribution in [0.3, 0.4) is 0 Å². The van der Waals surface area contributed by atoms with Gasteiger partial charge in [-0.3, -0.25) is 14.5 Å². The normalized spacial score (nSPS) is 17.2. The van der Waals surface area contributed by atoms with E-state index in [1.807, 2.05) is 24.3 Å². The van der Waals surface area contributed by atoms with Crippen molar-refractivity contribution in [3.8, 4) is 6.07 Å². The van der Waals surface area contributed by atoms with Gasteiger partial charge in [0.05, 0.1) is 23.3 Å². The second kappa shape index (κ2) is 11.8. The number of nitrogens with two attached hydrogens (primary N) is 1. The number of allylic oxidation sites excluding steroid dienone is 3. The molecule has 1 aliphatic heterocycles. The number of benzene rings is 2. The summed E-state index contributed by atoms with van der Waals surface area (Å²) in [6.07, 6.45) is 1.74. The van der Waals surface area contributed by atoms with Crippen molar-refractivity contribution < 1.29 is 9.59 Å². The van der Waals surface area contributed by atoms with Crippen molar-refractivity contribution in [2.75, 3.05) is 16.0 Å². The maximum Gasteiger partial charge on any atom is 0.234 e. The Morgan fingerprint density at radius 2 is 2.02 bits per heavy atom. The summed E-state index contributed by atoms with van der Waals surface area (Å²) in [6, 6.07) is 17.3. The minimum Gasteiger partial charge on any atom is -0.384 e. The molecular formula is C29H27ClN6O2S2. The van der Waals surface area contributed by atoms with E-state index in [9.17, 15) is 14.9 Å². The summed E-state index contributed by atoms with van der Waals surface area (Å²) < 4.78 is 0.568. The van der Waals surface area contributed by atoms with E-state index in [4.69, 9.17) is 17.3 Å². The van der Waals surface area contributed by atoms with Crippen molar-refractivity contribution in [1.29, 1.82) is 5.26 Å². The van der Waals surface area contributed by atoms with Crippen LogP contribution < -0.4 is 16.0 Å². The molecular weight excluding hydrogens is 564 g/mol. The number of hydrogen-bond acceptors (Lipinski definition) is 9. The number of halogens is 1. The summed E-state index contributed by atoms with van der Waals surface area (Å²) in [6.45, 7) is 4.25. The quantitative estimate of drug-likeness (QED) is 0.305. The fourth-order valence-electron chi connectivity index (χ4n) is 4.95. The number of ketones is 1. The van der Waals surface area contributed by atoms with Crippen LogP contribution >= 0.6 is 34.7 Å². The molecule has 1 aromatic heterocycles. The molecule has 40 heavy (non-hydrogen) atoms. The molecule has 0 spiro atoms. The lowest BCUT2D eigenvalue weighted by Crippen LogP contribution is -2.38. The first kappa shape index (κ1) is 27.9. The number of carbonyl (C=O) groups is 2. The van der Waals surface area contributed by atoms with E-state index in [2.05, 4.69) is 35.4 Å². The van der Waals surface area contributed by atoms with E-state index >= 15 is 0 Å². The lowest BCUT2D eigenvalue weighted by molar-refractivity contribution is -0.116. The zero-order chi connectivity index (χ0) is 28.4. The summed E-state index contributed by atoms with van der Waals surface area (Å²) >= 11 is 8.50. The molecule has 0 bridgehead atoms. The Kier molecular flexibility index (Phi) is 8.26. The molecule has 1 atom stereocenters. The summed E-state index contributed by atoms with van der Waals surface area (Å²) in [5, 5.41) is 22.6. The van der Waals surface area contributed by atoms with E-state index in [-0.39, 0.29) is 23.3 Å². The first-order valence-corrected chi connectivity index (χ1v) is 15.0. The van der Waals surface area contributed by atoms with Gasteiger partial charge < -0.3 is 11.1 Å². The molecule has 1 unspecified atom stereocenters. The minimum absolute atomic E-state index is 0.0150. The number of thioether (sulfide) groups is 1. The van der Waals surface area contributed by atoms with Gasteiger partial charge >= 0.3 is 0 Å². The molecule has 3 aromatic rings. The number of anilines is 2. The van der Waals surface area contributed by atoms with Gasteiger partial charge in [0.25, 0.3) is 0 Å². The Hall–Kier alpha value is -3.65. The fraction of sp³-hybridized carbons (Fsp3) is 0.276. The maximum absolute atomic E-state index is 13.3. The highest BCUT2D eigenvalue weighted by molar-refractivity contribution is 8.01. The molecule has 0 fully saturated rings. The van der Waals surface area contributed by atoms with Gasteiger partial charge in [-0.05, 0) is 48.1 Å². The van der Waals surface area contributed by atoms with Gasteiger partial charge in [-0.25, -0.2) is 0 Å². The molecule has 2 heterocycles. The van der Waals surface area contributed by atoms with Crippen molar-refractivity contribution in [2.45, 2.75) is 49.3 Å². The molecule has 1 aliphatic carbocycles. The van der Waals surface area contributed by atoms with E-state index in [1.54, 1.807) is 29.2 Å². The average molecular weight is 591 g/mol. The summed E-state index contributed by atoms with van der Waals surface area (Å²) in [5.74, 6) is 0.0214. The number of aromatic nitrogens is 2. The minimum atomic E-state index is -0.526. The Morgan fingerprint density at radius 3 is 2.73 bits per heavy atom. The number of amides is 1. The third-order valence-corrected chi connectivity index (χ3v) is 9.15. The number of hydrogen-bond donors (Lipinski definition) is 2. The monoisotopic (exact) mass is 590 g/mol. The molecule has 0 radical (unpaired) electrons. The maximum atomic E-state index is 13.3. The Balaban J connectivity index is 1.42. The molecule has 8 nitrogen and oxygen atoms in total. The molecule has 204 valence electrons. The lowest BCUT2D eigenvalue weighted by atomic mass is 9.75. The molecule has 5 rings (SSSR count). The van der Waals surface area contributed by atoms with Crippen molar-refractivity contribution in [3.05, 3.63) is 87.3 Å². The van der Waals surface area contributed by atoms with Gasteiger partial charge in [0.15, 0.2) is 10.1 Å². The van der Waals surface area contributed by atoms with Crippen LogP contribution in [-0.4, -0.2) is 27.6 Å². The lowest BCUT2D eigenvalue weighted by Gasteiger charge is -2.38. The third kappa shape index (κ3) is 5.63. The fourth-order valence-corrected chi connectivity index (χ4v) is 6.82. The molecule has 2 aromatic carbocycles. The number of carbonyl (C=O) groups excluding carboxylic acids is 2. The summed E-state index contributed by atoms with van der Waals surface area (Å²) in [7, 11) is 0. The van der Waals surface area contributed by atoms with Crippen molar-refractivity contribution >= 4 is 57.2 Å². The smallest absolute Gasteiger partial charge is 0.234 e. The SMILES string of the molecule is CC(C)c1ccc(C2C(C#N)=C(N)N(c3nnc(SCC(=O)Nc4cccc(Cl)c4)s3)C3=C2C(=O)CCC3)cc1. The highest BCUT2D eigenvalue weighted by Gasteiger charge is 2.41. The number of nitrogens with one attached hydrogen (secondary N) is 1. The Morgan fingerprint density at radius 1 is 1.25 bits per heavy atom. The number of nitrogens with zero attached hydrogens (tertiary/aromatic N) is 4. The van der Waals surface area contributed by atoms with Crippen LogP contribution in [0.25, 0.3) is 0 Å². The molecule has 1 amide bonds. The van der Waals surface area contributed by atoms with Gasteiger partial charge in [-0.2, -0.15) is 5.26 Å². The Bertz CT molecular complexity index is 1570. The second-order valence-corrected chi connectivity index (χ2v) is 12.5. The topological polar surface area (TPSA) is 125 Å². The van der Waals surface area contributed by atoms with Gasteiger partial charge in [0.1, 0.15) is 5.82 Å². The third-order valence-electron chi connectivity index (χ3n) is 6.87. The largest absolute Gasteiger partial charge is 0.384 e. The van der Waals surface area contributed by atoms with Crippen LogP contribution in [-0.2, 0) is 9.59 Å². The van der Waals surface area contributed by atoms with Crippen molar-refractivity contribution in [3.63, 3.8) is 0 Å². The summed E-state index contributed by atoms with van der Waals surface area (Å²) in [4.78, 5) is 27.5. The van der Waals surface area contributed by atoms with Crippen LogP contribution in [0.4, 0.5) is 10.8 Å². The van der Waals surface area contributed by atoms with Gasteiger partial charge in [0.2, 0.25) is 11.0 Å². The molecule has 11 heteroatoms. The predicted octanol–water partition coefficient (Wildman–Crippen LogP) is 6.35. The number of rotatable bonds is 7. The zero-order valence-corrected chi connectivity index (χ0v) is 24.4. The number of Topliss-reactive ketones (excluding diaryl/α,β-unsaturated/α-hetero) is 1. The van der Waals surface area contributed by atoms with Crippen molar-refractivity contribution in [1.82, 2.24) is 10.2 Å². The first-order valence-electron chi connectivity index (χ1n) is 12.8. The second-order valence-electron chi connectivity index (χ2n) is 9.84. The standard InChI is InChI=1S/C29H27ClN6O2S2/c1-16(2)17-9-11-18(12-10-17)25-21(14-31)27(32)36(22-7-4-8-23(37)26(22)25)28-34-35-29(40-28)39-15-24(38)33-20-6-3-5-19(30)13-20/h3,5-6,9-13,16,25H,4,7-8,15,32H2,1-2H3,(H,33,38). The number of nitriles is 1. The summed E-state index contributed by atoms with van der Waals surface area (Å²) in [5.41, 5.74) is 11.0. The molecule has 3 N–H and O–H groups in total. The average Bonchev–Trinajstić information content (AvgIpc) is 3.40.